The van der Waals surface area contributed by atoms with Gasteiger partial charge in [-0.1, -0.05) is 15.9 Å². The summed E-state index contributed by atoms with van der Waals surface area (Å²) in [4.78, 5) is 12.6. The molecule has 1 aliphatic rings. The van der Waals surface area contributed by atoms with Crippen molar-refractivity contribution in [2.75, 3.05) is 25.8 Å². The molecule has 1 heterocycles. The van der Waals surface area contributed by atoms with Gasteiger partial charge in [0.15, 0.2) is 17.6 Å². The number of amides is 1. The third kappa shape index (κ3) is 5.13. The molecule has 0 saturated heterocycles. The monoisotopic (exact) mass is 531 g/mol. The molecule has 0 aliphatic carbocycles. The number of hydrogen-bond donors (Lipinski definition) is 3. The van der Waals surface area contributed by atoms with E-state index in [1.807, 2.05) is 0 Å². The lowest BCUT2D eigenvalue weighted by Gasteiger charge is -2.27. The fraction of sp³-hybridized carbons (Fsp3) is 0.316. The quantitative estimate of drug-likeness (QED) is 0.487. The Morgan fingerprint density at radius 1 is 1.24 bits per heavy atom. The molecule has 0 saturated carbocycles. The van der Waals surface area contributed by atoms with Gasteiger partial charge in [-0.05, 0) is 40.2 Å². The first kappa shape index (κ1) is 21.7. The first-order valence-corrected chi connectivity index (χ1v) is 10.2. The third-order valence-electron chi connectivity index (χ3n) is 4.27. The molecule has 29 heavy (non-hydrogen) atoms. The van der Waals surface area contributed by atoms with Crippen LogP contribution in [0.4, 0.5) is 10.5 Å². The second-order valence-electron chi connectivity index (χ2n) is 6.13. The number of ether oxygens (including phenoxy) is 4. The number of aromatic hydroxyl groups is 1. The fourth-order valence-electron chi connectivity index (χ4n) is 2.90. The van der Waals surface area contributed by atoms with Crippen molar-refractivity contribution in [1.29, 1.82) is 0 Å². The Balaban J connectivity index is 1.84. The van der Waals surface area contributed by atoms with Crippen molar-refractivity contribution in [2.24, 2.45) is 0 Å². The number of hydrogen-bond acceptors (Lipinski definition) is 7. The predicted molar refractivity (Wildman–Crippen MR) is 111 cm³/mol. The molecule has 3 rings (SSSR count). The van der Waals surface area contributed by atoms with E-state index in [4.69, 9.17) is 18.9 Å². The highest BCUT2D eigenvalue weighted by molar-refractivity contribution is 9.11. The maximum Gasteiger partial charge on any atom is 0.412 e. The molecular formula is C19H19Br2NO7. The Labute approximate surface area is 184 Å². The van der Waals surface area contributed by atoms with Gasteiger partial charge in [-0.25, -0.2) is 4.79 Å². The maximum absolute atomic E-state index is 12.6. The van der Waals surface area contributed by atoms with Gasteiger partial charge in [0.25, 0.3) is 0 Å². The maximum atomic E-state index is 12.6. The standard InChI is InChI=1S/C19H19Br2NO7/c1-26-15(4-5-23)18(12-6-10(20)7-13(21)17(12)24)29-19(25)22-11-2-3-14-16(8-11)28-9-27-14/h2-3,6-8,15,18,23-24H,4-5,9H2,1H3,(H,22,25)/t15-,18-/m1/s1. The highest BCUT2D eigenvalue weighted by Gasteiger charge is 2.30. The van der Waals surface area contributed by atoms with Crippen molar-refractivity contribution in [3.8, 4) is 17.2 Å². The van der Waals surface area contributed by atoms with Crippen LogP contribution in [0.15, 0.2) is 39.3 Å². The second kappa shape index (κ2) is 9.66. The van der Waals surface area contributed by atoms with Crippen LogP contribution in [0.3, 0.4) is 0 Å². The average Bonchev–Trinajstić information content (AvgIpc) is 3.15. The molecule has 1 amide bonds. The van der Waals surface area contributed by atoms with E-state index in [9.17, 15) is 15.0 Å². The van der Waals surface area contributed by atoms with E-state index in [-0.39, 0.29) is 25.6 Å². The van der Waals surface area contributed by atoms with Crippen molar-refractivity contribution in [2.45, 2.75) is 18.6 Å². The molecule has 1 aliphatic heterocycles. The number of halogens is 2. The minimum atomic E-state index is -0.977. The molecule has 0 bridgehead atoms. The molecule has 0 fully saturated rings. The van der Waals surface area contributed by atoms with E-state index in [2.05, 4.69) is 37.2 Å². The summed E-state index contributed by atoms with van der Waals surface area (Å²) in [5.41, 5.74) is 0.779. The Kier molecular flexibility index (Phi) is 7.23. The summed E-state index contributed by atoms with van der Waals surface area (Å²) < 4.78 is 22.6. The predicted octanol–water partition coefficient (Wildman–Crippen LogP) is 4.33. The number of carbonyl (C=O) groups is 1. The number of phenolic OH excluding ortho intramolecular Hbond substituents is 1. The summed E-state index contributed by atoms with van der Waals surface area (Å²) >= 11 is 6.63. The molecule has 8 nitrogen and oxygen atoms in total. The number of methoxy groups -OCH3 is 1. The molecule has 0 radical (unpaired) electrons. The van der Waals surface area contributed by atoms with Gasteiger partial charge in [-0.3, -0.25) is 5.32 Å². The van der Waals surface area contributed by atoms with Gasteiger partial charge < -0.3 is 29.2 Å². The Morgan fingerprint density at radius 3 is 2.72 bits per heavy atom. The van der Waals surface area contributed by atoms with Crippen molar-refractivity contribution in [1.82, 2.24) is 0 Å². The van der Waals surface area contributed by atoms with Crippen LogP contribution in [0.1, 0.15) is 18.1 Å². The molecule has 2 atom stereocenters. The third-order valence-corrected chi connectivity index (χ3v) is 5.33. The highest BCUT2D eigenvalue weighted by atomic mass is 79.9. The number of rotatable bonds is 7. The second-order valence-corrected chi connectivity index (χ2v) is 7.90. The number of benzene rings is 2. The van der Waals surface area contributed by atoms with Crippen LogP contribution in [0, 0.1) is 0 Å². The Hall–Kier alpha value is -2.01. The smallest absolute Gasteiger partial charge is 0.412 e. The van der Waals surface area contributed by atoms with Gasteiger partial charge in [0.1, 0.15) is 11.9 Å². The summed E-state index contributed by atoms with van der Waals surface area (Å²) in [5, 5.41) is 22.5. The summed E-state index contributed by atoms with van der Waals surface area (Å²) in [6, 6.07) is 8.24. The fourth-order valence-corrected chi connectivity index (χ4v) is 4.16. The van der Waals surface area contributed by atoms with E-state index in [1.54, 1.807) is 30.3 Å². The molecule has 2 aromatic rings. The van der Waals surface area contributed by atoms with Crippen LogP contribution in [-0.4, -0.2) is 42.9 Å². The molecular weight excluding hydrogens is 514 g/mol. The Morgan fingerprint density at radius 2 is 2.00 bits per heavy atom. The first-order valence-electron chi connectivity index (χ1n) is 8.61. The van der Waals surface area contributed by atoms with E-state index >= 15 is 0 Å². The molecule has 0 spiro atoms. The van der Waals surface area contributed by atoms with Gasteiger partial charge >= 0.3 is 6.09 Å². The molecule has 0 aromatic heterocycles. The van der Waals surface area contributed by atoms with Crippen molar-refractivity contribution in [3.63, 3.8) is 0 Å². The summed E-state index contributed by atoms with van der Waals surface area (Å²) in [5.74, 6) is 1.02. The molecule has 10 heteroatoms. The summed E-state index contributed by atoms with van der Waals surface area (Å²) in [7, 11) is 1.44. The van der Waals surface area contributed by atoms with Gasteiger partial charge in [0, 0.05) is 41.9 Å². The lowest BCUT2D eigenvalue weighted by molar-refractivity contribution is -0.0314. The van der Waals surface area contributed by atoms with Crippen LogP contribution in [0.2, 0.25) is 0 Å². The van der Waals surface area contributed by atoms with Crippen molar-refractivity contribution < 1.29 is 34.0 Å². The lowest BCUT2D eigenvalue weighted by atomic mass is 10.0. The number of aliphatic hydroxyl groups excluding tert-OH is 1. The van der Waals surface area contributed by atoms with Gasteiger partial charge in [0.05, 0.1) is 4.47 Å². The molecule has 156 valence electrons. The van der Waals surface area contributed by atoms with Crippen LogP contribution in [0.25, 0.3) is 0 Å². The molecule has 0 unspecified atom stereocenters. The minimum absolute atomic E-state index is 0.0888. The number of nitrogens with one attached hydrogen (secondary N) is 1. The van der Waals surface area contributed by atoms with Gasteiger partial charge in [-0.15, -0.1) is 0 Å². The minimum Gasteiger partial charge on any atom is -0.506 e. The lowest BCUT2D eigenvalue weighted by Crippen LogP contribution is -2.29. The first-order chi connectivity index (χ1) is 13.9. The zero-order valence-electron chi connectivity index (χ0n) is 15.4. The van der Waals surface area contributed by atoms with E-state index in [0.29, 0.717) is 31.7 Å². The average molecular weight is 533 g/mol. The van der Waals surface area contributed by atoms with E-state index in [0.717, 1.165) is 0 Å². The zero-order valence-corrected chi connectivity index (χ0v) is 18.5. The van der Waals surface area contributed by atoms with E-state index < -0.39 is 18.3 Å². The van der Waals surface area contributed by atoms with E-state index in [1.165, 1.54) is 7.11 Å². The highest BCUT2D eigenvalue weighted by Crippen LogP contribution is 2.39. The SMILES string of the molecule is CO[C@H](CCO)[C@H](OC(=O)Nc1ccc2c(c1)OCO2)c1cc(Br)cc(Br)c1O. The number of carbonyl (C=O) groups excluding carboxylic acids is 1. The van der Waals surface area contributed by atoms with Gasteiger partial charge in [-0.2, -0.15) is 0 Å². The number of phenols is 1. The van der Waals surface area contributed by atoms with Crippen molar-refractivity contribution in [3.05, 3.63) is 44.8 Å². The number of anilines is 1. The zero-order chi connectivity index (χ0) is 21.0. The molecule has 3 N–H and O–H groups in total. The molecule has 2 aromatic carbocycles. The van der Waals surface area contributed by atoms with Gasteiger partial charge in [0.2, 0.25) is 6.79 Å². The summed E-state index contributed by atoms with van der Waals surface area (Å²) in [6.45, 7) is -0.0584. The largest absolute Gasteiger partial charge is 0.506 e. The summed E-state index contributed by atoms with van der Waals surface area (Å²) in [6.07, 6.45) is -2.23. The number of fused-ring (bicyclic) bond motifs is 1. The van der Waals surface area contributed by atoms with Crippen LogP contribution in [0.5, 0.6) is 17.2 Å². The topological polar surface area (TPSA) is 106 Å². The van der Waals surface area contributed by atoms with Crippen LogP contribution >= 0.6 is 31.9 Å². The van der Waals surface area contributed by atoms with Crippen LogP contribution in [-0.2, 0) is 9.47 Å². The Bertz CT molecular complexity index is 893. The van der Waals surface area contributed by atoms with Crippen molar-refractivity contribution >= 4 is 43.6 Å². The number of aliphatic hydroxyl groups is 1. The normalized spacial score (nSPS) is 14.3. The van der Waals surface area contributed by atoms with Crippen LogP contribution < -0.4 is 14.8 Å².